The van der Waals surface area contributed by atoms with E-state index in [4.69, 9.17) is 16.8 Å². The molecule has 166 valence electrons. The van der Waals surface area contributed by atoms with Crippen molar-refractivity contribution in [3.8, 4) is 0 Å². The summed E-state index contributed by atoms with van der Waals surface area (Å²) in [4.78, 5) is 13.4. The minimum atomic E-state index is -3.71. The van der Waals surface area contributed by atoms with Crippen LogP contribution in [0.15, 0.2) is 48.5 Å². The van der Waals surface area contributed by atoms with Crippen molar-refractivity contribution in [3.05, 3.63) is 70.5 Å². The number of halogens is 2. The van der Waals surface area contributed by atoms with E-state index in [1.54, 1.807) is 11.6 Å². The topological polar surface area (TPSA) is 98.7 Å². The number of nitrogens with one attached hydrogen (secondary N) is 2. The zero-order valence-corrected chi connectivity index (χ0v) is 18.2. The largest absolute Gasteiger partial charge is 0.371 e. The van der Waals surface area contributed by atoms with E-state index in [0.29, 0.717) is 25.9 Å². The highest BCUT2D eigenvalue weighted by Gasteiger charge is 2.25. The van der Waals surface area contributed by atoms with Crippen LogP contribution in [0.5, 0.6) is 0 Å². The van der Waals surface area contributed by atoms with Gasteiger partial charge in [0, 0.05) is 41.5 Å². The summed E-state index contributed by atoms with van der Waals surface area (Å²) in [5.74, 6) is -1.72. The van der Waals surface area contributed by atoms with Crippen molar-refractivity contribution in [1.29, 1.82) is 0 Å². The van der Waals surface area contributed by atoms with Gasteiger partial charge < -0.3 is 4.90 Å². The normalized spacial score (nSPS) is 15.4. The monoisotopic (exact) mass is 467 g/mol. The first-order chi connectivity index (χ1) is 14.8. The van der Waals surface area contributed by atoms with E-state index in [9.17, 15) is 17.6 Å². The number of hydroxylamine groups is 1. The number of rotatable bonds is 7. The highest BCUT2D eigenvalue weighted by Crippen LogP contribution is 2.26. The van der Waals surface area contributed by atoms with Gasteiger partial charge in [-0.1, -0.05) is 35.9 Å². The first-order valence-corrected chi connectivity index (χ1v) is 11.7. The Hall–Kier alpha value is -2.46. The second-order valence-electron chi connectivity index (χ2n) is 7.24. The van der Waals surface area contributed by atoms with E-state index in [-0.39, 0.29) is 16.6 Å². The van der Waals surface area contributed by atoms with E-state index in [0.717, 1.165) is 17.3 Å². The van der Waals surface area contributed by atoms with Gasteiger partial charge in [-0.15, -0.1) is 0 Å². The lowest BCUT2D eigenvalue weighted by Gasteiger charge is -2.34. The third-order valence-corrected chi connectivity index (χ3v) is 6.62. The molecule has 0 spiro atoms. The van der Waals surface area contributed by atoms with Crippen LogP contribution in [0, 0.1) is 5.82 Å². The fraction of sp³-hybridized carbons (Fsp3) is 0.286. The number of sulfonamides is 1. The van der Waals surface area contributed by atoms with Crippen molar-refractivity contribution in [2.24, 2.45) is 0 Å². The smallest absolute Gasteiger partial charge is 0.267 e. The van der Waals surface area contributed by atoms with Gasteiger partial charge in [0.15, 0.2) is 0 Å². The molecule has 2 aromatic rings. The summed E-state index contributed by atoms with van der Waals surface area (Å²) in [5.41, 5.74) is 3.34. The molecule has 3 N–H and O–H groups in total. The van der Waals surface area contributed by atoms with Crippen molar-refractivity contribution < 1.29 is 22.8 Å². The number of piperidine rings is 1. The maximum atomic E-state index is 13.9. The second kappa shape index (κ2) is 10.2. The molecule has 2 aromatic carbocycles. The van der Waals surface area contributed by atoms with Gasteiger partial charge in [0.05, 0.1) is 5.75 Å². The molecule has 1 fully saturated rings. The number of hydrogen-bond donors (Lipinski definition) is 3. The van der Waals surface area contributed by atoms with Crippen LogP contribution in [0.2, 0.25) is 5.02 Å². The van der Waals surface area contributed by atoms with Crippen LogP contribution in [-0.4, -0.2) is 38.7 Å². The van der Waals surface area contributed by atoms with Crippen molar-refractivity contribution in [2.75, 3.05) is 18.0 Å². The number of nitrogens with zero attached hydrogens (tertiary/aromatic N) is 1. The van der Waals surface area contributed by atoms with Gasteiger partial charge in [-0.2, -0.15) is 0 Å². The van der Waals surface area contributed by atoms with Crippen LogP contribution in [0.1, 0.15) is 24.0 Å². The fourth-order valence-electron chi connectivity index (χ4n) is 3.50. The van der Waals surface area contributed by atoms with Crippen LogP contribution in [0.25, 0.3) is 6.08 Å². The number of carbonyl (C=O) groups excluding carboxylic acids is 1. The van der Waals surface area contributed by atoms with Gasteiger partial charge in [-0.3, -0.25) is 10.0 Å². The van der Waals surface area contributed by atoms with Crippen molar-refractivity contribution in [1.82, 2.24) is 10.2 Å². The molecule has 0 saturated carbocycles. The Labute approximate surface area is 185 Å². The van der Waals surface area contributed by atoms with E-state index in [1.165, 1.54) is 18.2 Å². The standard InChI is InChI=1S/C21H23ClFN3O4S/c22-17-7-5-16(19(23)13-17)14-31(29,30)25-18-9-11-26(12-10-18)20-4-2-1-3-15(20)6-8-21(27)24-28/h1-8,13,18,25,28H,9-12,14H2,(H,24,27). The minimum absolute atomic E-state index is 0.0713. The molecular formula is C21H23ClFN3O4S. The Morgan fingerprint density at radius 1 is 1.23 bits per heavy atom. The second-order valence-corrected chi connectivity index (χ2v) is 9.43. The van der Waals surface area contributed by atoms with Crippen molar-refractivity contribution >= 4 is 39.3 Å². The lowest BCUT2D eigenvalue weighted by atomic mass is 10.0. The molecule has 0 atom stereocenters. The van der Waals surface area contributed by atoms with Crippen molar-refractivity contribution in [3.63, 3.8) is 0 Å². The molecular weight excluding hydrogens is 445 g/mol. The molecule has 3 rings (SSSR count). The summed E-state index contributed by atoms with van der Waals surface area (Å²) >= 11 is 5.72. The predicted molar refractivity (Wildman–Crippen MR) is 118 cm³/mol. The summed E-state index contributed by atoms with van der Waals surface area (Å²) in [6.07, 6.45) is 4.00. The van der Waals surface area contributed by atoms with Crippen LogP contribution in [0.4, 0.5) is 10.1 Å². The molecule has 1 saturated heterocycles. The van der Waals surface area contributed by atoms with Crippen LogP contribution < -0.4 is 15.1 Å². The van der Waals surface area contributed by atoms with Crippen LogP contribution in [0.3, 0.4) is 0 Å². The highest BCUT2D eigenvalue weighted by molar-refractivity contribution is 7.88. The maximum absolute atomic E-state index is 13.9. The predicted octanol–water partition coefficient (Wildman–Crippen LogP) is 3.09. The minimum Gasteiger partial charge on any atom is -0.371 e. The quantitative estimate of drug-likeness (QED) is 0.330. The third kappa shape index (κ3) is 6.51. The third-order valence-electron chi connectivity index (χ3n) is 5.00. The SMILES string of the molecule is O=C(C=Cc1ccccc1N1CCC(NS(=O)(=O)Cc2ccc(Cl)cc2F)CC1)NO. The van der Waals surface area contributed by atoms with Gasteiger partial charge in [0.25, 0.3) is 5.91 Å². The number of benzene rings is 2. The summed E-state index contributed by atoms with van der Waals surface area (Å²) in [6, 6.07) is 11.2. The van der Waals surface area contributed by atoms with Gasteiger partial charge in [0.1, 0.15) is 5.82 Å². The molecule has 1 aliphatic heterocycles. The maximum Gasteiger partial charge on any atom is 0.267 e. The van der Waals surface area contributed by atoms with Crippen LogP contribution >= 0.6 is 11.6 Å². The van der Waals surface area contributed by atoms with E-state index in [1.807, 2.05) is 24.3 Å². The molecule has 0 unspecified atom stereocenters. The Morgan fingerprint density at radius 2 is 1.94 bits per heavy atom. The van der Waals surface area contributed by atoms with Crippen molar-refractivity contribution in [2.45, 2.75) is 24.6 Å². The summed E-state index contributed by atoms with van der Waals surface area (Å²) in [7, 11) is -3.71. The lowest BCUT2D eigenvalue weighted by molar-refractivity contribution is -0.124. The summed E-state index contributed by atoms with van der Waals surface area (Å²) in [6.45, 7) is 1.22. The molecule has 31 heavy (non-hydrogen) atoms. The zero-order chi connectivity index (χ0) is 22.4. The highest BCUT2D eigenvalue weighted by atomic mass is 35.5. The van der Waals surface area contributed by atoms with E-state index < -0.39 is 27.5 Å². The van der Waals surface area contributed by atoms with Gasteiger partial charge in [0.2, 0.25) is 10.0 Å². The first-order valence-electron chi connectivity index (χ1n) is 9.67. The lowest BCUT2D eigenvalue weighted by Crippen LogP contribution is -2.45. The Kier molecular flexibility index (Phi) is 7.66. The number of carbonyl (C=O) groups is 1. The molecule has 0 aliphatic carbocycles. The average Bonchev–Trinajstić information content (AvgIpc) is 2.74. The van der Waals surface area contributed by atoms with Gasteiger partial charge >= 0.3 is 0 Å². The molecule has 1 amide bonds. The fourth-order valence-corrected chi connectivity index (χ4v) is 5.13. The Bertz CT molecular complexity index is 1070. The molecule has 10 heteroatoms. The average molecular weight is 468 g/mol. The molecule has 0 aromatic heterocycles. The van der Waals surface area contributed by atoms with E-state index in [2.05, 4.69) is 9.62 Å². The number of hydrogen-bond acceptors (Lipinski definition) is 5. The molecule has 0 bridgehead atoms. The molecule has 1 heterocycles. The summed E-state index contributed by atoms with van der Waals surface area (Å²) in [5, 5.41) is 8.84. The Morgan fingerprint density at radius 3 is 2.61 bits per heavy atom. The summed E-state index contributed by atoms with van der Waals surface area (Å²) < 4.78 is 41.6. The molecule has 0 radical (unpaired) electrons. The van der Waals surface area contributed by atoms with Gasteiger partial charge in [-0.25, -0.2) is 23.0 Å². The first kappa shape index (κ1) is 23.2. The number of anilines is 1. The van der Waals surface area contributed by atoms with Crippen LogP contribution in [-0.2, 0) is 20.6 Å². The number of amides is 1. The molecule has 1 aliphatic rings. The molecule has 7 nitrogen and oxygen atoms in total. The number of para-hydroxylation sites is 1. The van der Waals surface area contributed by atoms with E-state index >= 15 is 0 Å². The Balaban J connectivity index is 1.61. The van der Waals surface area contributed by atoms with Gasteiger partial charge in [-0.05, 0) is 42.7 Å². The zero-order valence-electron chi connectivity index (χ0n) is 16.6.